The third kappa shape index (κ3) is 3.45. The van der Waals surface area contributed by atoms with Crippen LogP contribution in [0.2, 0.25) is 0 Å². The van der Waals surface area contributed by atoms with Gasteiger partial charge in [0.15, 0.2) is 0 Å². The largest absolute Gasteiger partial charge is 0.391 e. The topological polar surface area (TPSA) is 27.1 Å². The Kier molecular flexibility index (Phi) is 4.29. The molecule has 3 aromatic carbocycles. The van der Waals surface area contributed by atoms with Gasteiger partial charge in [0, 0.05) is 11.1 Å². The standard InChI is InChI=1S/C22H18N2O/c1-4-10-18(11-5-1)17-25-24-22(20-14-8-3-9-15-20)16-21(23-24)19-12-6-2-7-13-19/h1-16H,17H2. The summed E-state index contributed by atoms with van der Waals surface area (Å²) in [5.41, 5.74) is 5.09. The molecule has 3 nitrogen and oxygen atoms in total. The number of hydrogen-bond acceptors (Lipinski definition) is 2. The Morgan fingerprint density at radius 3 is 1.88 bits per heavy atom. The smallest absolute Gasteiger partial charge is 0.142 e. The predicted octanol–water partition coefficient (Wildman–Crippen LogP) is 4.85. The third-order valence-electron chi connectivity index (χ3n) is 4.01. The molecule has 122 valence electrons. The summed E-state index contributed by atoms with van der Waals surface area (Å²) in [5, 5.41) is 4.67. The number of rotatable bonds is 5. The molecule has 1 aromatic heterocycles. The predicted molar refractivity (Wildman–Crippen MR) is 99.8 cm³/mol. The monoisotopic (exact) mass is 326 g/mol. The van der Waals surface area contributed by atoms with E-state index in [1.165, 1.54) is 0 Å². The molecule has 3 heteroatoms. The summed E-state index contributed by atoms with van der Waals surface area (Å²) >= 11 is 0. The van der Waals surface area contributed by atoms with Crippen molar-refractivity contribution < 1.29 is 4.84 Å². The van der Waals surface area contributed by atoms with Crippen LogP contribution in [-0.2, 0) is 6.61 Å². The Labute approximate surface area is 147 Å². The fourth-order valence-corrected chi connectivity index (χ4v) is 2.73. The number of hydrogen-bond donors (Lipinski definition) is 0. The minimum absolute atomic E-state index is 0.469. The van der Waals surface area contributed by atoms with Crippen molar-refractivity contribution in [3.05, 3.63) is 103 Å². The molecule has 0 N–H and O–H groups in total. The molecule has 0 saturated carbocycles. The molecule has 0 unspecified atom stereocenters. The van der Waals surface area contributed by atoms with Gasteiger partial charge in [-0.25, -0.2) is 0 Å². The Hall–Kier alpha value is -3.33. The Morgan fingerprint density at radius 2 is 1.24 bits per heavy atom. The van der Waals surface area contributed by atoms with Crippen molar-refractivity contribution in [2.24, 2.45) is 0 Å². The second-order valence-corrected chi connectivity index (χ2v) is 5.78. The zero-order valence-electron chi connectivity index (χ0n) is 13.7. The van der Waals surface area contributed by atoms with Crippen LogP contribution in [0.5, 0.6) is 0 Å². The number of aromatic nitrogens is 2. The van der Waals surface area contributed by atoms with E-state index in [9.17, 15) is 0 Å². The van der Waals surface area contributed by atoms with Gasteiger partial charge in [-0.15, -0.1) is 5.10 Å². The van der Waals surface area contributed by atoms with Crippen LogP contribution in [0.3, 0.4) is 0 Å². The molecule has 0 saturated heterocycles. The van der Waals surface area contributed by atoms with E-state index in [1.54, 1.807) is 4.85 Å². The van der Waals surface area contributed by atoms with E-state index in [1.807, 2.05) is 66.7 Å². The van der Waals surface area contributed by atoms with E-state index in [2.05, 4.69) is 35.4 Å². The quantitative estimate of drug-likeness (QED) is 0.524. The van der Waals surface area contributed by atoms with Gasteiger partial charge in [-0.05, 0) is 11.6 Å². The molecule has 0 atom stereocenters. The summed E-state index contributed by atoms with van der Waals surface area (Å²) in [5.74, 6) is 0. The zero-order chi connectivity index (χ0) is 16.9. The highest BCUT2D eigenvalue weighted by Gasteiger charge is 2.12. The van der Waals surface area contributed by atoms with Crippen molar-refractivity contribution in [1.82, 2.24) is 9.94 Å². The van der Waals surface area contributed by atoms with Crippen molar-refractivity contribution >= 4 is 0 Å². The highest BCUT2D eigenvalue weighted by Crippen LogP contribution is 2.25. The van der Waals surface area contributed by atoms with Gasteiger partial charge in [0.25, 0.3) is 0 Å². The summed E-state index contributed by atoms with van der Waals surface area (Å²) in [7, 11) is 0. The molecule has 4 rings (SSSR count). The van der Waals surface area contributed by atoms with E-state index >= 15 is 0 Å². The van der Waals surface area contributed by atoms with E-state index in [4.69, 9.17) is 4.84 Å². The summed E-state index contributed by atoms with van der Waals surface area (Å²) < 4.78 is 0. The highest BCUT2D eigenvalue weighted by molar-refractivity contribution is 5.68. The summed E-state index contributed by atoms with van der Waals surface area (Å²) in [6.45, 7) is 0.469. The van der Waals surface area contributed by atoms with Gasteiger partial charge < -0.3 is 4.84 Å². The highest BCUT2D eigenvalue weighted by atomic mass is 16.7. The molecule has 1 heterocycles. The van der Waals surface area contributed by atoms with Crippen molar-refractivity contribution in [1.29, 1.82) is 0 Å². The number of benzene rings is 3. The molecule has 0 aliphatic heterocycles. The van der Waals surface area contributed by atoms with Crippen LogP contribution in [0.15, 0.2) is 97.1 Å². The molecule has 0 spiro atoms. The molecule has 0 aliphatic carbocycles. The lowest BCUT2D eigenvalue weighted by Crippen LogP contribution is -2.14. The van der Waals surface area contributed by atoms with E-state index in [0.717, 1.165) is 28.1 Å². The Bertz CT molecular complexity index is 932. The average Bonchev–Trinajstić information content (AvgIpc) is 3.13. The SMILES string of the molecule is c1ccc(COn2nc(-c3ccccc3)cc2-c2ccccc2)cc1. The van der Waals surface area contributed by atoms with E-state index < -0.39 is 0 Å². The van der Waals surface area contributed by atoms with Crippen LogP contribution in [0.1, 0.15) is 5.56 Å². The molecular formula is C22H18N2O. The second kappa shape index (κ2) is 7.05. The van der Waals surface area contributed by atoms with Crippen molar-refractivity contribution in [2.75, 3.05) is 0 Å². The van der Waals surface area contributed by atoms with Gasteiger partial charge >= 0.3 is 0 Å². The molecule has 25 heavy (non-hydrogen) atoms. The molecule has 0 radical (unpaired) electrons. The minimum atomic E-state index is 0.469. The van der Waals surface area contributed by atoms with Crippen LogP contribution in [0.25, 0.3) is 22.5 Å². The molecular weight excluding hydrogens is 308 g/mol. The van der Waals surface area contributed by atoms with E-state index in [-0.39, 0.29) is 0 Å². The Morgan fingerprint density at radius 1 is 0.680 bits per heavy atom. The molecule has 0 bridgehead atoms. The summed E-state index contributed by atoms with van der Waals surface area (Å²) in [4.78, 5) is 7.61. The van der Waals surface area contributed by atoms with Gasteiger partial charge in [-0.1, -0.05) is 95.8 Å². The first-order chi connectivity index (χ1) is 12.4. The van der Waals surface area contributed by atoms with Crippen LogP contribution in [0, 0.1) is 0 Å². The fourth-order valence-electron chi connectivity index (χ4n) is 2.73. The van der Waals surface area contributed by atoms with Gasteiger partial charge in [0.05, 0.1) is 5.69 Å². The maximum atomic E-state index is 5.99. The van der Waals surface area contributed by atoms with Crippen molar-refractivity contribution in [3.8, 4) is 22.5 Å². The maximum absolute atomic E-state index is 5.99. The molecule has 4 aromatic rings. The lowest BCUT2D eigenvalue weighted by Gasteiger charge is -2.09. The fraction of sp³-hybridized carbons (Fsp3) is 0.0455. The number of nitrogens with zero attached hydrogens (tertiary/aromatic N) is 2. The lowest BCUT2D eigenvalue weighted by molar-refractivity contribution is 0.0742. The lowest BCUT2D eigenvalue weighted by atomic mass is 10.1. The van der Waals surface area contributed by atoms with Crippen molar-refractivity contribution in [3.63, 3.8) is 0 Å². The van der Waals surface area contributed by atoms with Crippen LogP contribution < -0.4 is 4.84 Å². The normalized spacial score (nSPS) is 10.6. The maximum Gasteiger partial charge on any atom is 0.142 e. The van der Waals surface area contributed by atoms with Crippen LogP contribution >= 0.6 is 0 Å². The zero-order valence-corrected chi connectivity index (χ0v) is 13.7. The average molecular weight is 326 g/mol. The first-order valence-corrected chi connectivity index (χ1v) is 8.28. The van der Waals surface area contributed by atoms with Gasteiger partial charge in [-0.3, -0.25) is 0 Å². The van der Waals surface area contributed by atoms with Crippen LogP contribution in [0.4, 0.5) is 0 Å². The third-order valence-corrected chi connectivity index (χ3v) is 4.01. The van der Waals surface area contributed by atoms with Gasteiger partial charge in [0.1, 0.15) is 12.3 Å². The molecule has 0 amide bonds. The summed E-state index contributed by atoms with van der Waals surface area (Å²) in [6, 6.07) is 32.5. The molecule has 0 fully saturated rings. The first kappa shape index (κ1) is 15.2. The van der Waals surface area contributed by atoms with Crippen molar-refractivity contribution in [2.45, 2.75) is 6.61 Å². The van der Waals surface area contributed by atoms with Gasteiger partial charge in [0.2, 0.25) is 0 Å². The molecule has 0 aliphatic rings. The van der Waals surface area contributed by atoms with E-state index in [0.29, 0.717) is 6.61 Å². The summed E-state index contributed by atoms with van der Waals surface area (Å²) in [6.07, 6.45) is 0. The second-order valence-electron chi connectivity index (χ2n) is 5.78. The van der Waals surface area contributed by atoms with Crippen LogP contribution in [-0.4, -0.2) is 9.94 Å². The minimum Gasteiger partial charge on any atom is -0.391 e. The van der Waals surface area contributed by atoms with Gasteiger partial charge in [-0.2, -0.15) is 0 Å². The Balaban J connectivity index is 1.69. The first-order valence-electron chi connectivity index (χ1n) is 8.28.